The van der Waals surface area contributed by atoms with Gasteiger partial charge in [0.2, 0.25) is 0 Å². The highest BCUT2D eigenvalue weighted by Gasteiger charge is 2.20. The van der Waals surface area contributed by atoms with E-state index < -0.39 is 17.1 Å². The molecule has 0 bridgehead atoms. The predicted octanol–water partition coefficient (Wildman–Crippen LogP) is 2.84. The molecule has 4 rings (SSSR count). The number of hydrogen-bond donors (Lipinski definition) is 0. The third kappa shape index (κ3) is 3.46. The SMILES string of the molecule is CCOCn1cnc2c1c(=O)n(Cc1ccc(C)cc1F)c(=O)n2-c1ccccc1. The van der Waals surface area contributed by atoms with Gasteiger partial charge in [-0.2, -0.15) is 0 Å². The Morgan fingerprint density at radius 1 is 1.10 bits per heavy atom. The molecule has 0 radical (unpaired) electrons. The Morgan fingerprint density at radius 3 is 2.57 bits per heavy atom. The van der Waals surface area contributed by atoms with Gasteiger partial charge in [-0.3, -0.25) is 9.36 Å². The molecule has 0 N–H and O–H groups in total. The van der Waals surface area contributed by atoms with Crippen molar-refractivity contribution in [3.63, 3.8) is 0 Å². The van der Waals surface area contributed by atoms with Crippen molar-refractivity contribution < 1.29 is 9.13 Å². The lowest BCUT2D eigenvalue weighted by atomic mass is 10.1. The van der Waals surface area contributed by atoms with Gasteiger partial charge in [-0.15, -0.1) is 0 Å². The summed E-state index contributed by atoms with van der Waals surface area (Å²) in [5, 5.41) is 0. The summed E-state index contributed by atoms with van der Waals surface area (Å²) in [7, 11) is 0. The Bertz CT molecular complexity index is 1320. The van der Waals surface area contributed by atoms with Crippen molar-refractivity contribution in [1.82, 2.24) is 18.7 Å². The number of benzene rings is 2. The van der Waals surface area contributed by atoms with Gasteiger partial charge in [0.1, 0.15) is 12.5 Å². The van der Waals surface area contributed by atoms with Gasteiger partial charge in [0.15, 0.2) is 11.2 Å². The van der Waals surface area contributed by atoms with E-state index in [4.69, 9.17) is 4.74 Å². The van der Waals surface area contributed by atoms with Gasteiger partial charge >= 0.3 is 5.69 Å². The molecule has 2 aromatic heterocycles. The van der Waals surface area contributed by atoms with Crippen molar-refractivity contribution in [2.75, 3.05) is 6.61 Å². The van der Waals surface area contributed by atoms with Crippen LogP contribution in [-0.4, -0.2) is 25.3 Å². The molecule has 0 aliphatic rings. The molecule has 0 saturated heterocycles. The summed E-state index contributed by atoms with van der Waals surface area (Å²) in [5.41, 5.74) is 0.910. The van der Waals surface area contributed by atoms with Crippen LogP contribution in [0.15, 0.2) is 64.4 Å². The van der Waals surface area contributed by atoms with Gasteiger partial charge in [0, 0.05) is 12.2 Å². The lowest BCUT2D eigenvalue weighted by molar-refractivity contribution is 0.0903. The zero-order valence-electron chi connectivity index (χ0n) is 16.7. The molecule has 0 atom stereocenters. The Morgan fingerprint density at radius 2 is 1.87 bits per heavy atom. The van der Waals surface area contributed by atoms with Crippen LogP contribution in [0.5, 0.6) is 0 Å². The van der Waals surface area contributed by atoms with Gasteiger partial charge in [-0.05, 0) is 37.6 Å². The fourth-order valence-corrected chi connectivity index (χ4v) is 3.37. The average molecular weight is 408 g/mol. The molecule has 4 aromatic rings. The zero-order valence-corrected chi connectivity index (χ0v) is 16.7. The molecule has 0 saturated carbocycles. The van der Waals surface area contributed by atoms with Crippen LogP contribution in [0.25, 0.3) is 16.9 Å². The summed E-state index contributed by atoms with van der Waals surface area (Å²) in [6.45, 7) is 4.01. The predicted molar refractivity (Wildman–Crippen MR) is 111 cm³/mol. The third-order valence-corrected chi connectivity index (χ3v) is 4.89. The molecule has 0 spiro atoms. The van der Waals surface area contributed by atoms with Crippen molar-refractivity contribution >= 4 is 11.2 Å². The van der Waals surface area contributed by atoms with Crippen molar-refractivity contribution in [3.8, 4) is 5.69 Å². The van der Waals surface area contributed by atoms with Crippen LogP contribution in [0.1, 0.15) is 18.1 Å². The molecule has 7 nitrogen and oxygen atoms in total. The number of aromatic nitrogens is 4. The Hall–Kier alpha value is -3.52. The number of fused-ring (bicyclic) bond motifs is 1. The molecule has 0 aliphatic carbocycles. The molecule has 0 amide bonds. The molecule has 0 fully saturated rings. The first kappa shape index (κ1) is 19.8. The molecule has 8 heteroatoms. The number of para-hydroxylation sites is 1. The minimum Gasteiger partial charge on any atom is -0.361 e. The molecule has 154 valence electrons. The molecular formula is C22H21FN4O3. The van der Waals surface area contributed by atoms with Crippen molar-refractivity contribution in [2.45, 2.75) is 27.1 Å². The number of nitrogens with zero attached hydrogens (tertiary/aromatic N) is 4. The van der Waals surface area contributed by atoms with Crippen LogP contribution < -0.4 is 11.2 Å². The van der Waals surface area contributed by atoms with E-state index in [1.807, 2.05) is 13.0 Å². The van der Waals surface area contributed by atoms with Crippen LogP contribution in [-0.2, 0) is 18.0 Å². The fourth-order valence-electron chi connectivity index (χ4n) is 3.37. The highest BCUT2D eigenvalue weighted by molar-refractivity contribution is 5.72. The summed E-state index contributed by atoms with van der Waals surface area (Å²) < 4.78 is 23.9. The second-order valence-corrected chi connectivity index (χ2v) is 6.95. The smallest absolute Gasteiger partial charge is 0.337 e. The van der Waals surface area contributed by atoms with Gasteiger partial charge in [-0.25, -0.2) is 18.7 Å². The Kier molecular flexibility index (Phi) is 5.33. The molecule has 0 aliphatic heterocycles. The Balaban J connectivity index is 1.99. The number of rotatable bonds is 6. The monoisotopic (exact) mass is 408 g/mol. The zero-order chi connectivity index (χ0) is 21.3. The highest BCUT2D eigenvalue weighted by Crippen LogP contribution is 2.15. The maximum atomic E-state index is 14.5. The summed E-state index contributed by atoms with van der Waals surface area (Å²) in [5.74, 6) is -0.463. The largest absolute Gasteiger partial charge is 0.361 e. The number of aryl methyl sites for hydroxylation is 1. The van der Waals surface area contributed by atoms with Crippen LogP contribution >= 0.6 is 0 Å². The quantitative estimate of drug-likeness (QED) is 0.492. The van der Waals surface area contributed by atoms with E-state index >= 15 is 0 Å². The molecule has 2 heterocycles. The maximum absolute atomic E-state index is 14.5. The molecule has 2 aromatic carbocycles. The van der Waals surface area contributed by atoms with Crippen molar-refractivity contribution in [2.24, 2.45) is 0 Å². The second kappa shape index (κ2) is 8.08. The first-order valence-corrected chi connectivity index (χ1v) is 9.60. The van der Waals surface area contributed by atoms with Gasteiger partial charge in [0.25, 0.3) is 5.56 Å². The molecular weight excluding hydrogens is 387 g/mol. The highest BCUT2D eigenvalue weighted by atomic mass is 19.1. The van der Waals surface area contributed by atoms with E-state index in [-0.39, 0.29) is 30.0 Å². The van der Waals surface area contributed by atoms with Crippen LogP contribution in [0, 0.1) is 12.7 Å². The topological polar surface area (TPSA) is 71.1 Å². The third-order valence-electron chi connectivity index (χ3n) is 4.89. The summed E-state index contributed by atoms with van der Waals surface area (Å²) >= 11 is 0. The van der Waals surface area contributed by atoms with Crippen LogP contribution in [0.4, 0.5) is 4.39 Å². The molecule has 30 heavy (non-hydrogen) atoms. The molecule has 0 unspecified atom stereocenters. The second-order valence-electron chi connectivity index (χ2n) is 6.95. The average Bonchev–Trinajstić information content (AvgIpc) is 3.15. The Labute approximate surface area is 171 Å². The van der Waals surface area contributed by atoms with E-state index in [2.05, 4.69) is 4.98 Å². The van der Waals surface area contributed by atoms with E-state index in [0.717, 1.165) is 10.1 Å². The first-order valence-electron chi connectivity index (χ1n) is 9.60. The maximum Gasteiger partial charge on any atom is 0.337 e. The van der Waals surface area contributed by atoms with Crippen LogP contribution in [0.2, 0.25) is 0 Å². The lowest BCUT2D eigenvalue weighted by Gasteiger charge is -2.13. The minimum absolute atomic E-state index is 0.119. The summed E-state index contributed by atoms with van der Waals surface area (Å²) in [6, 6.07) is 13.6. The summed E-state index contributed by atoms with van der Waals surface area (Å²) in [6.07, 6.45) is 1.47. The van der Waals surface area contributed by atoms with Crippen molar-refractivity contribution in [1.29, 1.82) is 0 Å². The van der Waals surface area contributed by atoms with Crippen LogP contribution in [0.3, 0.4) is 0 Å². The van der Waals surface area contributed by atoms with E-state index in [1.165, 1.54) is 17.0 Å². The van der Waals surface area contributed by atoms with Gasteiger partial charge in [-0.1, -0.05) is 30.3 Å². The number of ether oxygens (including phenoxy) is 1. The van der Waals surface area contributed by atoms with Crippen molar-refractivity contribution in [3.05, 3.63) is 92.6 Å². The number of halogens is 1. The fraction of sp³-hybridized carbons (Fsp3) is 0.227. The minimum atomic E-state index is -0.583. The van der Waals surface area contributed by atoms with Gasteiger partial charge in [0.05, 0.1) is 18.6 Å². The van der Waals surface area contributed by atoms with E-state index in [1.54, 1.807) is 47.9 Å². The van der Waals surface area contributed by atoms with E-state index in [9.17, 15) is 14.0 Å². The van der Waals surface area contributed by atoms with Gasteiger partial charge < -0.3 is 9.30 Å². The lowest BCUT2D eigenvalue weighted by Crippen LogP contribution is -2.40. The standard InChI is InChI=1S/C22H21FN4O3/c1-3-30-14-25-13-24-20-19(25)21(28)26(12-16-10-9-15(2)11-18(16)23)22(29)27(20)17-7-5-4-6-8-17/h4-11,13H,3,12,14H2,1-2H3. The number of hydrogen-bond acceptors (Lipinski definition) is 4. The number of imidazole rings is 1. The first-order chi connectivity index (χ1) is 14.5. The normalized spacial score (nSPS) is 11.3. The summed E-state index contributed by atoms with van der Waals surface area (Å²) in [4.78, 5) is 30.9. The van der Waals surface area contributed by atoms with E-state index in [0.29, 0.717) is 12.3 Å².